The third-order valence-corrected chi connectivity index (χ3v) is 6.37. The van der Waals surface area contributed by atoms with Gasteiger partial charge in [-0.15, -0.1) is 5.10 Å². The number of aromatic nitrogens is 4. The van der Waals surface area contributed by atoms with Crippen molar-refractivity contribution in [3.05, 3.63) is 46.4 Å². The van der Waals surface area contributed by atoms with Crippen molar-refractivity contribution in [3.8, 4) is 17.1 Å². The van der Waals surface area contributed by atoms with Crippen molar-refractivity contribution in [2.75, 3.05) is 7.05 Å². The molecule has 0 spiro atoms. The van der Waals surface area contributed by atoms with E-state index < -0.39 is 17.2 Å². The van der Waals surface area contributed by atoms with Crippen LogP contribution < -0.4 is 16.2 Å². The molecular weight excluding hydrogens is 416 g/mol. The summed E-state index contributed by atoms with van der Waals surface area (Å²) in [5.41, 5.74) is 1.96. The molecule has 0 saturated carbocycles. The van der Waals surface area contributed by atoms with Crippen LogP contribution in [-0.2, 0) is 17.8 Å². The van der Waals surface area contributed by atoms with Crippen LogP contribution in [0.15, 0.2) is 40.3 Å². The Morgan fingerprint density at radius 2 is 1.94 bits per heavy atom. The number of nitrogens with zero attached hydrogens (tertiary/aromatic N) is 4. The van der Waals surface area contributed by atoms with Gasteiger partial charge in [0, 0.05) is 19.3 Å². The van der Waals surface area contributed by atoms with Gasteiger partial charge in [0.05, 0.1) is 10.9 Å². The van der Waals surface area contributed by atoms with Gasteiger partial charge >= 0.3 is 6.03 Å². The molecule has 162 valence electrons. The van der Waals surface area contributed by atoms with E-state index >= 15 is 0 Å². The Morgan fingerprint density at radius 3 is 2.68 bits per heavy atom. The maximum Gasteiger partial charge on any atom is 0.321 e. The molecule has 2 N–H and O–H groups in total. The molecule has 31 heavy (non-hydrogen) atoms. The number of urea groups is 1. The fourth-order valence-corrected chi connectivity index (χ4v) is 4.63. The molecule has 3 aliphatic rings. The number of imide groups is 1. The van der Waals surface area contributed by atoms with Gasteiger partial charge in [-0.2, -0.15) is 4.68 Å². The molecule has 10 heteroatoms. The molecule has 9 nitrogen and oxygen atoms in total. The van der Waals surface area contributed by atoms with Gasteiger partial charge in [0.25, 0.3) is 5.56 Å². The number of benzene rings is 1. The summed E-state index contributed by atoms with van der Waals surface area (Å²) in [5.74, 6) is -0.0306. The third kappa shape index (κ3) is 4.20. The molecule has 0 fully saturated rings. The summed E-state index contributed by atoms with van der Waals surface area (Å²) in [7, 11) is 1.45. The van der Waals surface area contributed by atoms with Crippen molar-refractivity contribution < 1.29 is 9.59 Å². The summed E-state index contributed by atoms with van der Waals surface area (Å²) in [4.78, 5) is 41.8. The van der Waals surface area contributed by atoms with Crippen LogP contribution in [0.3, 0.4) is 0 Å². The van der Waals surface area contributed by atoms with Gasteiger partial charge in [-0.1, -0.05) is 36.4 Å². The molecule has 3 amide bonds. The number of amides is 3. The van der Waals surface area contributed by atoms with Crippen LogP contribution in [-0.4, -0.2) is 43.6 Å². The molecular formula is C21H24N6O3S. The van der Waals surface area contributed by atoms with E-state index in [0.717, 1.165) is 37.9 Å². The van der Waals surface area contributed by atoms with Crippen LogP contribution in [0.2, 0.25) is 0 Å². The Kier molecular flexibility index (Phi) is 6.08. The molecule has 1 unspecified atom stereocenters. The number of thioether (sulfide) groups is 1. The maximum atomic E-state index is 13.2. The molecule has 1 atom stereocenters. The normalized spacial score (nSPS) is 14.5. The molecule has 0 radical (unpaired) electrons. The van der Waals surface area contributed by atoms with Crippen LogP contribution in [0.25, 0.3) is 17.1 Å². The second kappa shape index (κ2) is 8.93. The number of para-hydroxylation sites is 1. The standard InChI is InChI=1S/C21H24N6O3S/c1-13(18(28)24-20(30)22-2)31-21-23-17-16(15-11-7-4-8-12-26(15)21)19(29)27(25-17)14-9-5-3-6-10-14/h3,5-6,9-10,13H,4,7-8,11-12H2,1-2H3,(H2,22,24,28,30). The number of hydrogen-bond donors (Lipinski definition) is 2. The van der Waals surface area contributed by atoms with Crippen LogP contribution in [0.1, 0.15) is 31.9 Å². The van der Waals surface area contributed by atoms with Crippen LogP contribution in [0.5, 0.6) is 0 Å². The number of hydrogen-bond acceptors (Lipinski definition) is 6. The largest absolute Gasteiger partial charge is 0.341 e. The number of carbonyl (C=O) groups excluding carboxylic acids is 2. The van der Waals surface area contributed by atoms with Gasteiger partial charge < -0.3 is 9.88 Å². The number of nitrogens with one attached hydrogen (secondary N) is 2. The highest BCUT2D eigenvalue weighted by Crippen LogP contribution is 2.32. The fraction of sp³-hybridized carbons (Fsp3) is 0.381. The van der Waals surface area contributed by atoms with Crippen molar-refractivity contribution in [1.29, 1.82) is 0 Å². The van der Waals surface area contributed by atoms with Crippen molar-refractivity contribution in [1.82, 2.24) is 30.0 Å². The van der Waals surface area contributed by atoms with Gasteiger partial charge in [-0.25, -0.2) is 9.78 Å². The van der Waals surface area contributed by atoms with E-state index in [0.29, 0.717) is 22.2 Å². The van der Waals surface area contributed by atoms with Gasteiger partial charge in [0.15, 0.2) is 11.0 Å². The Morgan fingerprint density at radius 1 is 1.16 bits per heavy atom. The molecule has 0 aliphatic carbocycles. The van der Waals surface area contributed by atoms with Crippen molar-refractivity contribution in [2.24, 2.45) is 0 Å². The van der Waals surface area contributed by atoms with E-state index in [1.807, 2.05) is 34.9 Å². The maximum absolute atomic E-state index is 13.2. The van der Waals surface area contributed by atoms with Crippen molar-refractivity contribution in [3.63, 3.8) is 0 Å². The fourth-order valence-electron chi connectivity index (χ4n) is 3.68. The summed E-state index contributed by atoms with van der Waals surface area (Å²) in [6.07, 6.45) is 3.76. The van der Waals surface area contributed by atoms with Gasteiger partial charge in [-0.3, -0.25) is 14.9 Å². The topological polar surface area (TPSA) is 111 Å². The summed E-state index contributed by atoms with van der Waals surface area (Å²) >= 11 is 1.26. The van der Waals surface area contributed by atoms with Gasteiger partial charge in [-0.05, 0) is 38.3 Å². The minimum atomic E-state index is -0.551. The Bertz CT molecular complexity index is 1140. The quantitative estimate of drug-likeness (QED) is 0.475. The van der Waals surface area contributed by atoms with E-state index in [-0.39, 0.29) is 5.56 Å². The molecule has 0 bridgehead atoms. The SMILES string of the molecule is CNC(=O)NC(=O)C(C)Sc1nc2nn(-c3ccccc3)c(=O)c-2c2n1CCCCC2. The van der Waals surface area contributed by atoms with Gasteiger partial charge in [0.2, 0.25) is 5.91 Å². The summed E-state index contributed by atoms with van der Waals surface area (Å²) in [5, 5.41) is 9.24. The van der Waals surface area contributed by atoms with Gasteiger partial charge in [0.1, 0.15) is 5.56 Å². The Balaban J connectivity index is 1.78. The first-order valence-electron chi connectivity index (χ1n) is 10.3. The zero-order valence-electron chi connectivity index (χ0n) is 17.4. The lowest BCUT2D eigenvalue weighted by Crippen LogP contribution is -2.41. The molecule has 1 aromatic rings. The van der Waals surface area contributed by atoms with Crippen LogP contribution in [0.4, 0.5) is 4.79 Å². The summed E-state index contributed by atoms with van der Waals surface area (Å²) in [6, 6.07) is 8.72. The predicted octanol–water partition coefficient (Wildman–Crippen LogP) is 2.20. The van der Waals surface area contributed by atoms with E-state index in [9.17, 15) is 14.4 Å². The van der Waals surface area contributed by atoms with E-state index in [2.05, 4.69) is 20.7 Å². The molecule has 1 aromatic carbocycles. The van der Waals surface area contributed by atoms with E-state index in [4.69, 9.17) is 0 Å². The van der Waals surface area contributed by atoms with Crippen LogP contribution in [0, 0.1) is 0 Å². The number of rotatable bonds is 4. The zero-order chi connectivity index (χ0) is 22.0. The second-order valence-electron chi connectivity index (χ2n) is 7.38. The lowest BCUT2D eigenvalue weighted by molar-refractivity contribution is -0.119. The highest BCUT2D eigenvalue weighted by molar-refractivity contribution is 8.00. The zero-order valence-corrected chi connectivity index (χ0v) is 18.2. The average molecular weight is 441 g/mol. The molecule has 0 saturated heterocycles. The number of carbonyl (C=O) groups is 2. The second-order valence-corrected chi connectivity index (χ2v) is 8.69. The third-order valence-electron chi connectivity index (χ3n) is 5.28. The van der Waals surface area contributed by atoms with Crippen molar-refractivity contribution >= 4 is 23.7 Å². The highest BCUT2D eigenvalue weighted by atomic mass is 32.2. The molecule has 0 aromatic heterocycles. The minimum absolute atomic E-state index is 0.179. The van der Waals surface area contributed by atoms with E-state index in [1.54, 1.807) is 6.92 Å². The lowest BCUT2D eigenvalue weighted by Gasteiger charge is -2.19. The molecule has 4 rings (SSSR count). The first-order valence-corrected chi connectivity index (χ1v) is 11.1. The Labute approximate surface area is 183 Å². The smallest absolute Gasteiger partial charge is 0.321 e. The summed E-state index contributed by atoms with van der Waals surface area (Å²) < 4.78 is 3.43. The summed E-state index contributed by atoms with van der Waals surface area (Å²) in [6.45, 7) is 2.44. The lowest BCUT2D eigenvalue weighted by atomic mass is 10.1. The minimum Gasteiger partial charge on any atom is -0.341 e. The highest BCUT2D eigenvalue weighted by Gasteiger charge is 2.28. The predicted molar refractivity (Wildman–Crippen MR) is 118 cm³/mol. The Hall–Kier alpha value is -3.14. The van der Waals surface area contributed by atoms with E-state index in [1.165, 1.54) is 23.5 Å². The average Bonchev–Trinajstić information content (AvgIpc) is 2.94. The van der Waals surface area contributed by atoms with Crippen LogP contribution >= 0.6 is 11.8 Å². The van der Waals surface area contributed by atoms with Crippen molar-refractivity contribution in [2.45, 2.75) is 49.6 Å². The molecule has 3 aliphatic heterocycles. The monoisotopic (exact) mass is 440 g/mol. The number of fused-ring (bicyclic) bond motifs is 3. The first-order chi connectivity index (χ1) is 15.0. The molecule has 3 heterocycles. The first kappa shape index (κ1) is 21.1.